The molecule has 0 amide bonds. The van der Waals surface area contributed by atoms with E-state index in [9.17, 15) is 0 Å². The van der Waals surface area contributed by atoms with Crippen LogP contribution in [0.5, 0.6) is 0 Å². The molecule has 0 aromatic carbocycles. The van der Waals surface area contributed by atoms with Crippen molar-refractivity contribution in [3.05, 3.63) is 12.5 Å². The average molecular weight is 138 g/mol. The fourth-order valence-electron chi connectivity index (χ4n) is 0.772. The largest absolute Gasteiger partial charge is 0.282 e. The van der Waals surface area contributed by atoms with Crippen LogP contribution < -0.4 is 16.7 Å². The second-order valence-electron chi connectivity index (χ2n) is 1.88. The van der Waals surface area contributed by atoms with Crippen molar-refractivity contribution < 1.29 is 0 Å². The summed E-state index contributed by atoms with van der Waals surface area (Å²) >= 11 is 0. The third kappa shape index (κ3) is 0.668. The number of hydrogen-bond donors (Lipinski definition) is 3. The molecule has 0 saturated heterocycles. The fourth-order valence-corrected chi connectivity index (χ4v) is 0.772. The summed E-state index contributed by atoms with van der Waals surface area (Å²) in [6.07, 6.45) is 3.09. The second kappa shape index (κ2) is 1.79. The topological polar surface area (TPSA) is 79.1 Å². The molecule has 1 aromatic heterocycles. The monoisotopic (exact) mass is 138 g/mol. The third-order valence-electron chi connectivity index (χ3n) is 1.18. The minimum atomic E-state index is 0.692. The van der Waals surface area contributed by atoms with Crippen LogP contribution in [0.4, 0.5) is 11.5 Å². The number of hydrazine groups is 3. The average Bonchev–Trinajstić information content (AvgIpc) is 2.27. The molecule has 0 radical (unpaired) electrons. The zero-order valence-corrected chi connectivity index (χ0v) is 5.07. The van der Waals surface area contributed by atoms with Crippen molar-refractivity contribution >= 4 is 11.5 Å². The maximum Gasteiger partial charge on any atom is 0.171 e. The van der Waals surface area contributed by atoms with Crippen molar-refractivity contribution in [1.82, 2.24) is 15.2 Å². The van der Waals surface area contributed by atoms with Crippen LogP contribution >= 0.6 is 0 Å². The maximum absolute atomic E-state index is 5.33. The first-order valence-corrected chi connectivity index (χ1v) is 2.74. The van der Waals surface area contributed by atoms with Crippen molar-refractivity contribution in [3.63, 3.8) is 0 Å². The van der Waals surface area contributed by atoms with Gasteiger partial charge in [0.1, 0.15) is 12.0 Å². The van der Waals surface area contributed by atoms with Crippen LogP contribution in [-0.2, 0) is 0 Å². The minimum absolute atomic E-state index is 0.692. The van der Waals surface area contributed by atoms with E-state index in [0.29, 0.717) is 5.82 Å². The van der Waals surface area contributed by atoms with Crippen LogP contribution in [0.25, 0.3) is 0 Å². The number of anilines is 2. The van der Waals surface area contributed by atoms with Gasteiger partial charge in [0.2, 0.25) is 0 Å². The summed E-state index contributed by atoms with van der Waals surface area (Å²) in [5, 5.41) is 1.22. The lowest BCUT2D eigenvalue weighted by Gasteiger charge is -2.05. The van der Waals surface area contributed by atoms with Crippen LogP contribution in [0.1, 0.15) is 0 Å². The highest BCUT2D eigenvalue weighted by Gasteiger charge is 2.14. The van der Waals surface area contributed by atoms with Gasteiger partial charge in [-0.05, 0) is 0 Å². The highest BCUT2D eigenvalue weighted by molar-refractivity contribution is 5.65. The Balaban J connectivity index is 2.42. The summed E-state index contributed by atoms with van der Waals surface area (Å²) in [4.78, 5) is 7.70. The molecule has 6 nitrogen and oxygen atoms in total. The summed E-state index contributed by atoms with van der Waals surface area (Å²) in [5.41, 5.74) is 6.30. The first-order chi connectivity index (χ1) is 4.86. The molecule has 1 aromatic rings. The van der Waals surface area contributed by atoms with Crippen molar-refractivity contribution in [3.8, 4) is 0 Å². The van der Waals surface area contributed by atoms with Crippen LogP contribution in [0, 0.1) is 0 Å². The minimum Gasteiger partial charge on any atom is -0.282 e. The van der Waals surface area contributed by atoms with Gasteiger partial charge in [-0.1, -0.05) is 5.23 Å². The molecule has 0 fully saturated rings. The highest BCUT2D eigenvalue weighted by atomic mass is 15.9. The SMILES string of the molecule is NN1Nc2cncnc2N1. The lowest BCUT2D eigenvalue weighted by Crippen LogP contribution is -2.36. The molecule has 1 aliphatic heterocycles. The van der Waals surface area contributed by atoms with Gasteiger partial charge in [-0.2, -0.15) is 0 Å². The molecule has 6 heteroatoms. The Morgan fingerprint density at radius 1 is 1.50 bits per heavy atom. The van der Waals surface area contributed by atoms with Gasteiger partial charge in [0.25, 0.3) is 0 Å². The quantitative estimate of drug-likeness (QED) is 0.412. The van der Waals surface area contributed by atoms with Crippen molar-refractivity contribution in [2.75, 3.05) is 10.9 Å². The number of fused-ring (bicyclic) bond motifs is 1. The van der Waals surface area contributed by atoms with Crippen LogP contribution in [0.3, 0.4) is 0 Å². The molecule has 0 unspecified atom stereocenters. The van der Waals surface area contributed by atoms with E-state index in [1.807, 2.05) is 0 Å². The number of hydrogen-bond acceptors (Lipinski definition) is 6. The molecular formula is C4H6N6. The fraction of sp³-hybridized carbons (Fsp3) is 0. The van der Waals surface area contributed by atoms with Gasteiger partial charge >= 0.3 is 0 Å². The predicted molar refractivity (Wildman–Crippen MR) is 35.3 cm³/mol. The van der Waals surface area contributed by atoms with E-state index < -0.39 is 0 Å². The Kier molecular flexibility index (Phi) is 0.965. The number of aromatic nitrogens is 2. The van der Waals surface area contributed by atoms with E-state index in [0.717, 1.165) is 5.69 Å². The molecule has 1 aliphatic rings. The van der Waals surface area contributed by atoms with E-state index in [2.05, 4.69) is 20.8 Å². The van der Waals surface area contributed by atoms with Crippen LogP contribution in [0.15, 0.2) is 12.5 Å². The molecule has 2 heterocycles. The van der Waals surface area contributed by atoms with Crippen molar-refractivity contribution in [1.29, 1.82) is 0 Å². The van der Waals surface area contributed by atoms with Gasteiger partial charge in [0, 0.05) is 0 Å². The third-order valence-corrected chi connectivity index (χ3v) is 1.18. The number of nitrogens with one attached hydrogen (secondary N) is 2. The zero-order valence-electron chi connectivity index (χ0n) is 5.07. The van der Waals surface area contributed by atoms with E-state index in [1.54, 1.807) is 6.20 Å². The van der Waals surface area contributed by atoms with E-state index in [4.69, 9.17) is 5.84 Å². The predicted octanol–water partition coefficient (Wildman–Crippen LogP) is -0.680. The molecule has 0 bridgehead atoms. The van der Waals surface area contributed by atoms with Crippen molar-refractivity contribution in [2.45, 2.75) is 0 Å². The van der Waals surface area contributed by atoms with Gasteiger partial charge < -0.3 is 0 Å². The van der Waals surface area contributed by atoms with E-state index in [-0.39, 0.29) is 0 Å². The standard InChI is InChI=1S/C4H6N6/c5-10-8-3-1-6-2-7-4(3)9-10/h1-2,8H,5H2,(H,6,7,9). The van der Waals surface area contributed by atoms with Gasteiger partial charge in [-0.25, -0.2) is 15.8 Å². The summed E-state index contributed by atoms with van der Waals surface area (Å²) < 4.78 is 0. The molecule has 10 heavy (non-hydrogen) atoms. The Morgan fingerprint density at radius 2 is 2.40 bits per heavy atom. The molecule has 0 spiro atoms. The summed E-state index contributed by atoms with van der Waals surface area (Å²) in [5.74, 6) is 6.02. The number of nitrogens with zero attached hydrogens (tertiary/aromatic N) is 3. The van der Waals surface area contributed by atoms with Gasteiger partial charge in [0.05, 0.1) is 6.20 Å². The lowest BCUT2D eigenvalue weighted by atomic mass is 10.5. The van der Waals surface area contributed by atoms with E-state index in [1.165, 1.54) is 11.6 Å². The van der Waals surface area contributed by atoms with E-state index >= 15 is 0 Å². The van der Waals surface area contributed by atoms with Crippen LogP contribution in [-0.4, -0.2) is 15.2 Å². The zero-order chi connectivity index (χ0) is 6.97. The van der Waals surface area contributed by atoms with Gasteiger partial charge in [-0.3, -0.25) is 10.9 Å². The van der Waals surface area contributed by atoms with Crippen molar-refractivity contribution in [2.24, 2.45) is 5.84 Å². The molecular weight excluding hydrogens is 132 g/mol. The first-order valence-electron chi connectivity index (χ1n) is 2.74. The smallest absolute Gasteiger partial charge is 0.171 e. The molecule has 0 aliphatic carbocycles. The highest BCUT2D eigenvalue weighted by Crippen LogP contribution is 2.20. The molecule has 0 atom stereocenters. The first kappa shape index (κ1) is 5.39. The Morgan fingerprint density at radius 3 is 3.20 bits per heavy atom. The summed E-state index contributed by atoms with van der Waals surface area (Å²) in [6, 6.07) is 0. The number of nitrogens with two attached hydrogens (primary N) is 1. The Labute approximate surface area is 57.0 Å². The Bertz CT molecular complexity index is 222. The normalized spacial score (nSPS) is 15.7. The van der Waals surface area contributed by atoms with Crippen LogP contribution in [0.2, 0.25) is 0 Å². The lowest BCUT2D eigenvalue weighted by molar-refractivity contribution is 0.433. The molecule has 4 N–H and O–H groups in total. The second-order valence-corrected chi connectivity index (χ2v) is 1.88. The number of rotatable bonds is 0. The van der Waals surface area contributed by atoms with Gasteiger partial charge in [-0.15, -0.1) is 0 Å². The Hall–Kier alpha value is -1.40. The summed E-state index contributed by atoms with van der Waals surface area (Å²) in [7, 11) is 0. The van der Waals surface area contributed by atoms with Gasteiger partial charge in [0.15, 0.2) is 5.82 Å². The molecule has 2 rings (SSSR count). The maximum atomic E-state index is 5.33. The summed E-state index contributed by atoms with van der Waals surface area (Å²) in [6.45, 7) is 0. The molecule has 0 saturated carbocycles. The molecule has 52 valence electrons.